The van der Waals surface area contributed by atoms with E-state index in [2.05, 4.69) is 10.1 Å². The van der Waals surface area contributed by atoms with Crippen LogP contribution in [0.3, 0.4) is 0 Å². The first-order chi connectivity index (χ1) is 9.47. The van der Waals surface area contributed by atoms with Gasteiger partial charge in [-0.05, 0) is 25.1 Å². The van der Waals surface area contributed by atoms with Crippen LogP contribution >= 0.6 is 11.6 Å². The molecule has 6 heteroatoms. The molecule has 1 heterocycles. The molecule has 1 aromatic heterocycles. The average Bonchev–Trinajstić information content (AvgIpc) is 2.86. The first kappa shape index (κ1) is 14.8. The van der Waals surface area contributed by atoms with Crippen molar-refractivity contribution in [3.63, 3.8) is 0 Å². The van der Waals surface area contributed by atoms with Crippen molar-refractivity contribution in [3.8, 4) is 5.75 Å². The average molecular weight is 297 g/mol. The lowest BCUT2D eigenvalue weighted by Gasteiger charge is -2.12. The maximum absolute atomic E-state index is 9.71. The van der Waals surface area contributed by atoms with Crippen LogP contribution in [-0.4, -0.2) is 15.2 Å². The molecule has 0 saturated heterocycles. The highest BCUT2D eigenvalue weighted by Crippen LogP contribution is 2.28. The number of halogens is 1. The van der Waals surface area contributed by atoms with E-state index in [4.69, 9.17) is 20.9 Å². The summed E-state index contributed by atoms with van der Waals surface area (Å²) in [6, 6.07) is 5.10. The summed E-state index contributed by atoms with van der Waals surface area (Å²) in [6.07, 6.45) is -0.666. The second kappa shape index (κ2) is 6.24. The van der Waals surface area contributed by atoms with Crippen LogP contribution in [-0.2, 0) is 6.61 Å². The first-order valence-corrected chi connectivity index (χ1v) is 6.78. The van der Waals surface area contributed by atoms with E-state index in [0.717, 1.165) is 0 Å². The SMILES string of the molecule is CC(C)c1nc(COc2ccc(Cl)cc2[C@@H](C)O)no1. The van der Waals surface area contributed by atoms with Crippen LogP contribution in [0.1, 0.15) is 50.1 Å². The van der Waals surface area contributed by atoms with E-state index in [1.54, 1.807) is 25.1 Å². The van der Waals surface area contributed by atoms with E-state index >= 15 is 0 Å². The molecule has 0 spiro atoms. The minimum Gasteiger partial charge on any atom is -0.485 e. The molecule has 0 radical (unpaired) electrons. The molecule has 0 aliphatic heterocycles. The van der Waals surface area contributed by atoms with Crippen LogP contribution < -0.4 is 4.74 Å². The molecule has 20 heavy (non-hydrogen) atoms. The van der Waals surface area contributed by atoms with Gasteiger partial charge in [0.05, 0.1) is 6.10 Å². The van der Waals surface area contributed by atoms with Gasteiger partial charge in [-0.15, -0.1) is 0 Å². The van der Waals surface area contributed by atoms with Crippen LogP contribution in [0.5, 0.6) is 5.75 Å². The van der Waals surface area contributed by atoms with Gasteiger partial charge in [0, 0.05) is 16.5 Å². The van der Waals surface area contributed by atoms with Gasteiger partial charge in [-0.1, -0.05) is 30.6 Å². The van der Waals surface area contributed by atoms with E-state index < -0.39 is 6.10 Å². The fourth-order valence-electron chi connectivity index (χ4n) is 1.68. The van der Waals surface area contributed by atoms with E-state index in [1.807, 2.05) is 13.8 Å². The van der Waals surface area contributed by atoms with E-state index in [1.165, 1.54) is 0 Å². The summed E-state index contributed by atoms with van der Waals surface area (Å²) in [7, 11) is 0. The lowest BCUT2D eigenvalue weighted by Crippen LogP contribution is -2.02. The highest BCUT2D eigenvalue weighted by molar-refractivity contribution is 6.30. The molecule has 108 valence electrons. The molecule has 0 saturated carbocycles. The molecule has 0 unspecified atom stereocenters. The van der Waals surface area contributed by atoms with Gasteiger partial charge < -0.3 is 14.4 Å². The van der Waals surface area contributed by atoms with Gasteiger partial charge in [0.2, 0.25) is 11.7 Å². The Morgan fingerprint density at radius 2 is 2.10 bits per heavy atom. The molecule has 0 aliphatic carbocycles. The lowest BCUT2D eigenvalue weighted by molar-refractivity contribution is 0.189. The lowest BCUT2D eigenvalue weighted by atomic mass is 10.1. The Hall–Kier alpha value is -1.59. The van der Waals surface area contributed by atoms with Gasteiger partial charge >= 0.3 is 0 Å². The van der Waals surface area contributed by atoms with Crippen molar-refractivity contribution in [2.75, 3.05) is 0 Å². The van der Waals surface area contributed by atoms with Crippen LogP contribution in [0.25, 0.3) is 0 Å². The molecule has 1 N–H and O–H groups in total. The summed E-state index contributed by atoms with van der Waals surface area (Å²) < 4.78 is 10.7. The fraction of sp³-hybridized carbons (Fsp3) is 0.429. The molecule has 2 rings (SSSR count). The molecular formula is C14H17ClN2O3. The van der Waals surface area contributed by atoms with Gasteiger partial charge in [-0.3, -0.25) is 0 Å². The summed E-state index contributed by atoms with van der Waals surface area (Å²) in [5.74, 6) is 1.79. The number of aliphatic hydroxyl groups is 1. The van der Waals surface area contributed by atoms with Gasteiger partial charge in [-0.2, -0.15) is 4.98 Å². The number of aromatic nitrogens is 2. The number of hydrogen-bond donors (Lipinski definition) is 1. The predicted molar refractivity (Wildman–Crippen MR) is 74.8 cm³/mol. The van der Waals surface area contributed by atoms with Crippen LogP contribution in [0.2, 0.25) is 5.02 Å². The molecular weight excluding hydrogens is 280 g/mol. The van der Waals surface area contributed by atoms with Gasteiger partial charge in [-0.25, -0.2) is 0 Å². The van der Waals surface area contributed by atoms with Gasteiger partial charge in [0.15, 0.2) is 6.61 Å². The van der Waals surface area contributed by atoms with E-state index in [0.29, 0.717) is 28.1 Å². The predicted octanol–water partition coefficient (Wildman–Crippen LogP) is 3.48. The minimum absolute atomic E-state index is 0.178. The Morgan fingerprint density at radius 1 is 1.35 bits per heavy atom. The molecule has 0 bridgehead atoms. The Morgan fingerprint density at radius 3 is 2.70 bits per heavy atom. The zero-order valence-electron chi connectivity index (χ0n) is 11.6. The van der Waals surface area contributed by atoms with E-state index in [-0.39, 0.29) is 12.5 Å². The third kappa shape index (κ3) is 3.49. The molecule has 0 aliphatic rings. The molecule has 1 aromatic carbocycles. The number of nitrogens with zero attached hydrogens (tertiary/aromatic N) is 2. The number of rotatable bonds is 5. The monoisotopic (exact) mass is 296 g/mol. The molecule has 0 amide bonds. The normalized spacial score (nSPS) is 12.7. The first-order valence-electron chi connectivity index (χ1n) is 6.40. The summed E-state index contributed by atoms with van der Waals surface area (Å²) in [5, 5.41) is 14.1. The van der Waals surface area contributed by atoms with Gasteiger partial charge in [0.25, 0.3) is 0 Å². The largest absolute Gasteiger partial charge is 0.485 e. The van der Waals surface area contributed by atoms with Crippen molar-refractivity contribution in [2.24, 2.45) is 0 Å². The second-order valence-corrected chi connectivity index (χ2v) is 5.29. The number of benzene rings is 1. The van der Waals surface area contributed by atoms with Crippen LogP contribution in [0, 0.1) is 0 Å². The topological polar surface area (TPSA) is 68.4 Å². The summed E-state index contributed by atoms with van der Waals surface area (Å²) in [6.45, 7) is 5.78. The maximum Gasteiger partial charge on any atom is 0.229 e. The Kier molecular flexibility index (Phi) is 4.62. The van der Waals surface area contributed by atoms with Gasteiger partial charge in [0.1, 0.15) is 5.75 Å². The summed E-state index contributed by atoms with van der Waals surface area (Å²) in [5.41, 5.74) is 0.630. The number of aliphatic hydroxyl groups excluding tert-OH is 1. The van der Waals surface area contributed by atoms with Crippen molar-refractivity contribution >= 4 is 11.6 Å². The van der Waals surface area contributed by atoms with Crippen molar-refractivity contribution in [1.82, 2.24) is 10.1 Å². The highest BCUT2D eigenvalue weighted by Gasteiger charge is 2.13. The van der Waals surface area contributed by atoms with Crippen molar-refractivity contribution in [1.29, 1.82) is 0 Å². The Labute approximate surface area is 122 Å². The fourth-order valence-corrected chi connectivity index (χ4v) is 1.86. The molecule has 5 nitrogen and oxygen atoms in total. The van der Waals surface area contributed by atoms with Crippen molar-refractivity contribution in [3.05, 3.63) is 40.5 Å². The summed E-state index contributed by atoms with van der Waals surface area (Å²) >= 11 is 5.91. The second-order valence-electron chi connectivity index (χ2n) is 4.85. The Bertz CT molecular complexity index is 582. The van der Waals surface area contributed by atoms with E-state index in [9.17, 15) is 5.11 Å². The zero-order valence-corrected chi connectivity index (χ0v) is 12.4. The summed E-state index contributed by atoms with van der Waals surface area (Å²) in [4.78, 5) is 4.23. The minimum atomic E-state index is -0.666. The standard InChI is InChI=1S/C14H17ClN2O3/c1-8(2)14-16-13(17-20-14)7-19-12-5-4-10(15)6-11(12)9(3)18/h4-6,8-9,18H,7H2,1-3H3/t9-/m1/s1. The van der Waals surface area contributed by atoms with Crippen molar-refractivity contribution < 1.29 is 14.4 Å². The molecule has 2 aromatic rings. The third-order valence-electron chi connectivity index (χ3n) is 2.76. The molecule has 0 fully saturated rings. The zero-order chi connectivity index (χ0) is 14.7. The highest BCUT2D eigenvalue weighted by atomic mass is 35.5. The maximum atomic E-state index is 9.71. The van der Waals surface area contributed by atoms with Crippen LogP contribution in [0.15, 0.2) is 22.7 Å². The quantitative estimate of drug-likeness (QED) is 0.915. The van der Waals surface area contributed by atoms with Crippen molar-refractivity contribution in [2.45, 2.75) is 39.4 Å². The molecule has 1 atom stereocenters. The Balaban J connectivity index is 2.10. The smallest absolute Gasteiger partial charge is 0.229 e. The number of hydrogen-bond acceptors (Lipinski definition) is 5. The van der Waals surface area contributed by atoms with Crippen LogP contribution in [0.4, 0.5) is 0 Å². The number of ether oxygens (including phenoxy) is 1. The third-order valence-corrected chi connectivity index (χ3v) is 2.99.